The first-order valence-electron chi connectivity index (χ1n) is 6.90. The zero-order chi connectivity index (χ0) is 14.1. The highest BCUT2D eigenvalue weighted by atomic mass is 19.1. The molecule has 5 heteroatoms. The molecule has 0 unspecified atom stereocenters. The van der Waals surface area contributed by atoms with Gasteiger partial charge in [-0.25, -0.2) is 13.8 Å². The van der Waals surface area contributed by atoms with Crippen molar-refractivity contribution in [3.05, 3.63) is 41.9 Å². The van der Waals surface area contributed by atoms with Crippen LogP contribution in [0.25, 0.3) is 11.3 Å². The summed E-state index contributed by atoms with van der Waals surface area (Å²) in [6, 6.07) is 4.12. The van der Waals surface area contributed by atoms with Crippen LogP contribution in [-0.2, 0) is 0 Å². The van der Waals surface area contributed by atoms with Crippen molar-refractivity contribution in [3.8, 4) is 11.3 Å². The highest BCUT2D eigenvalue weighted by molar-refractivity contribution is 5.60. The van der Waals surface area contributed by atoms with Crippen LogP contribution in [0.15, 0.2) is 24.4 Å². The standard InChI is InChI=1S/C15H17F2N3/c16-11-2-1-3-12(17)14(11)13-8-19-15(20-13)9-4-6-10(18)7-5-9/h1-3,8-10H,4-7,18H2,(H,19,20). The zero-order valence-corrected chi connectivity index (χ0v) is 11.1. The Kier molecular flexibility index (Phi) is 3.53. The van der Waals surface area contributed by atoms with Crippen molar-refractivity contribution >= 4 is 0 Å². The van der Waals surface area contributed by atoms with Crippen LogP contribution in [0, 0.1) is 11.6 Å². The summed E-state index contributed by atoms with van der Waals surface area (Å²) in [5.74, 6) is -0.0512. The lowest BCUT2D eigenvalue weighted by Gasteiger charge is -2.24. The Morgan fingerprint density at radius 1 is 1.10 bits per heavy atom. The fourth-order valence-electron chi connectivity index (χ4n) is 2.82. The van der Waals surface area contributed by atoms with Gasteiger partial charge in [0.1, 0.15) is 17.5 Å². The summed E-state index contributed by atoms with van der Waals surface area (Å²) in [6.07, 6.45) is 5.37. The van der Waals surface area contributed by atoms with E-state index < -0.39 is 11.6 Å². The van der Waals surface area contributed by atoms with Crippen LogP contribution in [0.1, 0.15) is 37.4 Å². The topological polar surface area (TPSA) is 54.7 Å². The van der Waals surface area contributed by atoms with Gasteiger partial charge in [0.05, 0.1) is 17.5 Å². The van der Waals surface area contributed by atoms with Crippen LogP contribution in [0.5, 0.6) is 0 Å². The number of nitrogens with zero attached hydrogens (tertiary/aromatic N) is 1. The van der Waals surface area contributed by atoms with Gasteiger partial charge in [0.15, 0.2) is 0 Å². The SMILES string of the molecule is NC1CCC(c2ncc(-c3c(F)cccc3F)[nH]2)CC1. The summed E-state index contributed by atoms with van der Waals surface area (Å²) in [7, 11) is 0. The van der Waals surface area contributed by atoms with E-state index in [0.717, 1.165) is 31.5 Å². The van der Waals surface area contributed by atoms with Gasteiger partial charge in [0.2, 0.25) is 0 Å². The number of rotatable bonds is 2. The molecule has 0 saturated heterocycles. The van der Waals surface area contributed by atoms with Gasteiger partial charge in [-0.2, -0.15) is 0 Å². The average Bonchev–Trinajstić information content (AvgIpc) is 2.89. The van der Waals surface area contributed by atoms with E-state index in [4.69, 9.17) is 5.73 Å². The number of aromatic amines is 1. The van der Waals surface area contributed by atoms with E-state index in [1.54, 1.807) is 0 Å². The largest absolute Gasteiger partial charge is 0.342 e. The Balaban J connectivity index is 1.87. The van der Waals surface area contributed by atoms with Crippen LogP contribution >= 0.6 is 0 Å². The lowest BCUT2D eigenvalue weighted by Crippen LogP contribution is -2.26. The van der Waals surface area contributed by atoms with E-state index >= 15 is 0 Å². The molecule has 0 spiro atoms. The predicted molar refractivity (Wildman–Crippen MR) is 73.1 cm³/mol. The summed E-state index contributed by atoms with van der Waals surface area (Å²) in [5.41, 5.74) is 6.23. The average molecular weight is 277 g/mol. The number of imidazole rings is 1. The third-order valence-corrected chi connectivity index (χ3v) is 3.99. The van der Waals surface area contributed by atoms with Gasteiger partial charge in [0.25, 0.3) is 0 Å². The number of hydrogen-bond acceptors (Lipinski definition) is 2. The van der Waals surface area contributed by atoms with Crippen molar-refractivity contribution in [1.29, 1.82) is 0 Å². The van der Waals surface area contributed by atoms with Crippen LogP contribution in [0.4, 0.5) is 8.78 Å². The van der Waals surface area contributed by atoms with Gasteiger partial charge in [0, 0.05) is 12.0 Å². The molecule has 0 amide bonds. The van der Waals surface area contributed by atoms with E-state index in [0.29, 0.717) is 11.6 Å². The maximum absolute atomic E-state index is 13.7. The van der Waals surface area contributed by atoms with E-state index in [1.165, 1.54) is 24.4 Å². The molecule has 106 valence electrons. The molecule has 0 radical (unpaired) electrons. The minimum atomic E-state index is -0.578. The maximum Gasteiger partial charge on any atom is 0.135 e. The van der Waals surface area contributed by atoms with Gasteiger partial charge >= 0.3 is 0 Å². The first-order valence-corrected chi connectivity index (χ1v) is 6.90. The van der Waals surface area contributed by atoms with Gasteiger partial charge in [-0.05, 0) is 37.8 Å². The fraction of sp³-hybridized carbons (Fsp3) is 0.400. The Morgan fingerprint density at radius 3 is 2.40 bits per heavy atom. The monoisotopic (exact) mass is 277 g/mol. The molecular weight excluding hydrogens is 260 g/mol. The number of nitrogens with two attached hydrogens (primary N) is 1. The second kappa shape index (κ2) is 5.32. The van der Waals surface area contributed by atoms with Crippen LogP contribution in [-0.4, -0.2) is 16.0 Å². The molecule has 1 saturated carbocycles. The first kappa shape index (κ1) is 13.2. The van der Waals surface area contributed by atoms with Gasteiger partial charge in [-0.15, -0.1) is 0 Å². The molecule has 1 fully saturated rings. The molecule has 1 heterocycles. The van der Waals surface area contributed by atoms with E-state index in [1.807, 2.05) is 0 Å². The predicted octanol–water partition coefficient (Wildman–Crippen LogP) is 3.34. The molecule has 0 aliphatic heterocycles. The fourth-order valence-corrected chi connectivity index (χ4v) is 2.82. The summed E-state index contributed by atoms with van der Waals surface area (Å²) >= 11 is 0. The van der Waals surface area contributed by atoms with Crippen LogP contribution in [0.2, 0.25) is 0 Å². The summed E-state index contributed by atoms with van der Waals surface area (Å²) in [4.78, 5) is 7.36. The zero-order valence-electron chi connectivity index (χ0n) is 11.1. The smallest absolute Gasteiger partial charge is 0.135 e. The highest BCUT2D eigenvalue weighted by Gasteiger charge is 2.23. The number of benzene rings is 1. The summed E-state index contributed by atoms with van der Waals surface area (Å²) in [5, 5.41) is 0. The molecule has 1 aliphatic rings. The second-order valence-corrected chi connectivity index (χ2v) is 5.39. The van der Waals surface area contributed by atoms with Crippen molar-refractivity contribution < 1.29 is 8.78 Å². The number of nitrogens with one attached hydrogen (secondary N) is 1. The van der Waals surface area contributed by atoms with Gasteiger partial charge < -0.3 is 10.7 Å². The third kappa shape index (κ3) is 2.45. The molecule has 1 aromatic carbocycles. The molecule has 1 aromatic heterocycles. The molecule has 1 aliphatic carbocycles. The molecule has 3 nitrogen and oxygen atoms in total. The number of halogens is 2. The van der Waals surface area contributed by atoms with Gasteiger partial charge in [-0.1, -0.05) is 6.07 Å². The van der Waals surface area contributed by atoms with Gasteiger partial charge in [-0.3, -0.25) is 0 Å². The second-order valence-electron chi connectivity index (χ2n) is 5.39. The third-order valence-electron chi connectivity index (χ3n) is 3.99. The van der Waals surface area contributed by atoms with E-state index in [2.05, 4.69) is 9.97 Å². The molecule has 0 bridgehead atoms. The van der Waals surface area contributed by atoms with Crippen LogP contribution < -0.4 is 5.73 Å². The van der Waals surface area contributed by atoms with Crippen LogP contribution in [0.3, 0.4) is 0 Å². The first-order chi connectivity index (χ1) is 9.65. The maximum atomic E-state index is 13.7. The van der Waals surface area contributed by atoms with Crippen molar-refractivity contribution in [2.24, 2.45) is 5.73 Å². The van der Waals surface area contributed by atoms with Crippen molar-refractivity contribution in [1.82, 2.24) is 9.97 Å². The molecule has 2 aromatic rings. The van der Waals surface area contributed by atoms with Crippen molar-refractivity contribution in [2.45, 2.75) is 37.6 Å². The lowest BCUT2D eigenvalue weighted by molar-refractivity contribution is 0.386. The minimum absolute atomic E-state index is 0.0428. The Morgan fingerprint density at radius 2 is 1.75 bits per heavy atom. The van der Waals surface area contributed by atoms with E-state index in [-0.39, 0.29) is 11.6 Å². The number of aromatic nitrogens is 2. The molecule has 20 heavy (non-hydrogen) atoms. The summed E-state index contributed by atoms with van der Waals surface area (Å²) in [6.45, 7) is 0. The molecule has 3 N–H and O–H groups in total. The quantitative estimate of drug-likeness (QED) is 0.884. The lowest BCUT2D eigenvalue weighted by atomic mass is 9.86. The number of hydrogen-bond donors (Lipinski definition) is 2. The van der Waals surface area contributed by atoms with Crippen molar-refractivity contribution in [2.75, 3.05) is 0 Å². The van der Waals surface area contributed by atoms with E-state index in [9.17, 15) is 8.78 Å². The molecular formula is C15H17F2N3. The Bertz CT molecular complexity index is 581. The van der Waals surface area contributed by atoms with Crippen molar-refractivity contribution in [3.63, 3.8) is 0 Å². The minimum Gasteiger partial charge on any atom is -0.342 e. The number of H-pyrrole nitrogens is 1. The Hall–Kier alpha value is -1.75. The summed E-state index contributed by atoms with van der Waals surface area (Å²) < 4.78 is 27.5. The Labute approximate surface area is 116 Å². The normalized spacial score (nSPS) is 22.9. The molecule has 3 rings (SSSR count). The molecule has 0 atom stereocenters. The highest BCUT2D eigenvalue weighted by Crippen LogP contribution is 2.32.